The van der Waals surface area contributed by atoms with Crippen LogP contribution in [0.2, 0.25) is 0 Å². The van der Waals surface area contributed by atoms with Crippen molar-refractivity contribution < 1.29 is 9.53 Å². The van der Waals surface area contributed by atoms with Crippen LogP contribution >= 0.6 is 0 Å². The summed E-state index contributed by atoms with van der Waals surface area (Å²) in [6, 6.07) is -0.0846. The molecule has 0 amide bonds. The number of rotatable bonds is 37. The molecule has 264 valence electrons. The van der Waals surface area contributed by atoms with Gasteiger partial charge in [-0.15, -0.1) is 0 Å². The van der Waals surface area contributed by atoms with Gasteiger partial charge in [-0.25, -0.2) is 0 Å². The van der Waals surface area contributed by atoms with Crippen molar-refractivity contribution in [3.63, 3.8) is 0 Å². The Labute approximate surface area is 277 Å². The molecule has 0 heterocycles. The third-order valence-electron chi connectivity index (χ3n) is 9.67. The Balaban J connectivity index is 3.96. The van der Waals surface area contributed by atoms with Gasteiger partial charge in [-0.2, -0.15) is 0 Å². The van der Waals surface area contributed by atoms with E-state index in [1.54, 1.807) is 0 Å². The van der Waals surface area contributed by atoms with Crippen molar-refractivity contribution >= 4 is 5.97 Å². The lowest BCUT2D eigenvalue weighted by Gasteiger charge is -2.22. The SMILES string of the molecule is CCCCCCCCCCCCCCCCOC(=O)C(CCCCCCCCCCCCCCCC)C(N)CCCCCN. The van der Waals surface area contributed by atoms with Crippen LogP contribution in [0.3, 0.4) is 0 Å². The van der Waals surface area contributed by atoms with E-state index in [-0.39, 0.29) is 17.9 Å². The highest BCUT2D eigenvalue weighted by molar-refractivity contribution is 5.73. The predicted molar refractivity (Wildman–Crippen MR) is 195 cm³/mol. The second-order valence-corrected chi connectivity index (χ2v) is 14.1. The van der Waals surface area contributed by atoms with Crippen LogP contribution in [0.4, 0.5) is 0 Å². The first-order valence-electron chi connectivity index (χ1n) is 20.3. The molecule has 0 radical (unpaired) electrons. The zero-order valence-corrected chi connectivity index (χ0v) is 30.4. The molecule has 0 aliphatic heterocycles. The van der Waals surface area contributed by atoms with Crippen LogP contribution in [0.5, 0.6) is 0 Å². The van der Waals surface area contributed by atoms with Crippen LogP contribution in [0.1, 0.15) is 226 Å². The fraction of sp³-hybridized carbons (Fsp3) is 0.975. The maximum absolute atomic E-state index is 13.1. The molecule has 0 aromatic rings. The molecule has 0 bridgehead atoms. The van der Waals surface area contributed by atoms with Gasteiger partial charge in [-0.3, -0.25) is 4.79 Å². The van der Waals surface area contributed by atoms with Gasteiger partial charge in [0.25, 0.3) is 0 Å². The number of unbranched alkanes of at least 4 members (excludes halogenated alkanes) is 28. The molecule has 44 heavy (non-hydrogen) atoms. The molecule has 0 rings (SSSR count). The maximum Gasteiger partial charge on any atom is 0.310 e. The van der Waals surface area contributed by atoms with Gasteiger partial charge in [0.05, 0.1) is 12.5 Å². The van der Waals surface area contributed by atoms with E-state index in [2.05, 4.69) is 13.8 Å². The van der Waals surface area contributed by atoms with Crippen molar-refractivity contribution in [2.45, 2.75) is 232 Å². The minimum absolute atomic E-state index is 0.0410. The van der Waals surface area contributed by atoms with Gasteiger partial charge in [0, 0.05) is 6.04 Å². The zero-order valence-electron chi connectivity index (χ0n) is 30.4. The van der Waals surface area contributed by atoms with Crippen molar-refractivity contribution in [3.8, 4) is 0 Å². The highest BCUT2D eigenvalue weighted by atomic mass is 16.5. The van der Waals surface area contributed by atoms with Crippen LogP contribution in [-0.4, -0.2) is 25.2 Å². The molecule has 0 aromatic heterocycles. The lowest BCUT2D eigenvalue weighted by molar-refractivity contribution is -0.149. The Hall–Kier alpha value is -0.610. The van der Waals surface area contributed by atoms with Crippen LogP contribution in [0.15, 0.2) is 0 Å². The van der Waals surface area contributed by atoms with Crippen molar-refractivity contribution in [2.24, 2.45) is 17.4 Å². The van der Waals surface area contributed by atoms with E-state index in [0.717, 1.165) is 51.5 Å². The summed E-state index contributed by atoms with van der Waals surface area (Å²) in [7, 11) is 0. The minimum atomic E-state index is -0.142. The number of ether oxygens (including phenoxy) is 1. The number of nitrogens with two attached hydrogens (primary N) is 2. The summed E-state index contributed by atoms with van der Waals surface area (Å²) in [6.07, 6.45) is 42.6. The van der Waals surface area contributed by atoms with Gasteiger partial charge in [0.2, 0.25) is 0 Å². The smallest absolute Gasteiger partial charge is 0.310 e. The van der Waals surface area contributed by atoms with E-state index in [1.807, 2.05) is 0 Å². The molecule has 0 aliphatic carbocycles. The molecule has 2 atom stereocenters. The van der Waals surface area contributed by atoms with E-state index in [1.165, 1.54) is 167 Å². The second kappa shape index (κ2) is 36.9. The standard InChI is InChI=1S/C40H82N2O2/c1-3-5-7-9-11-13-15-17-19-21-23-25-27-30-34-38(39(42)35-31-29-32-36-41)40(43)44-37-33-28-26-24-22-20-18-16-14-12-10-8-6-4-2/h38-39H,3-37,41-42H2,1-2H3. The molecule has 0 saturated heterocycles. The highest BCUT2D eigenvalue weighted by Gasteiger charge is 2.26. The molecular formula is C40H82N2O2. The number of hydrogen-bond donors (Lipinski definition) is 2. The molecule has 2 unspecified atom stereocenters. The van der Waals surface area contributed by atoms with Gasteiger partial charge in [0.15, 0.2) is 0 Å². The van der Waals surface area contributed by atoms with Crippen LogP contribution in [-0.2, 0) is 9.53 Å². The Morgan fingerprint density at radius 3 is 1.16 bits per heavy atom. The Morgan fingerprint density at radius 1 is 0.455 bits per heavy atom. The predicted octanol–water partition coefficient (Wildman–Crippen LogP) is 12.3. The fourth-order valence-corrected chi connectivity index (χ4v) is 6.54. The summed E-state index contributed by atoms with van der Waals surface area (Å²) in [5.74, 6) is -0.183. The number of carbonyl (C=O) groups excluding carboxylic acids is 1. The molecule has 4 N–H and O–H groups in total. The highest BCUT2D eigenvalue weighted by Crippen LogP contribution is 2.21. The number of hydrogen-bond acceptors (Lipinski definition) is 4. The molecule has 4 heteroatoms. The van der Waals surface area contributed by atoms with Crippen molar-refractivity contribution in [2.75, 3.05) is 13.2 Å². The topological polar surface area (TPSA) is 78.3 Å². The molecule has 0 fully saturated rings. The lowest BCUT2D eigenvalue weighted by Crippen LogP contribution is -2.37. The molecule has 4 nitrogen and oxygen atoms in total. The summed E-state index contributed by atoms with van der Waals surface area (Å²) < 4.78 is 5.79. The van der Waals surface area contributed by atoms with Gasteiger partial charge in [-0.1, -0.05) is 200 Å². The average Bonchev–Trinajstić information content (AvgIpc) is 3.03. The van der Waals surface area contributed by atoms with Gasteiger partial charge in [0.1, 0.15) is 0 Å². The zero-order chi connectivity index (χ0) is 32.2. The van der Waals surface area contributed by atoms with E-state index in [0.29, 0.717) is 6.61 Å². The van der Waals surface area contributed by atoms with E-state index < -0.39 is 0 Å². The monoisotopic (exact) mass is 623 g/mol. The lowest BCUT2D eigenvalue weighted by atomic mass is 9.90. The summed E-state index contributed by atoms with van der Waals surface area (Å²) in [5, 5.41) is 0. The van der Waals surface area contributed by atoms with E-state index in [4.69, 9.17) is 16.2 Å². The van der Waals surface area contributed by atoms with Crippen molar-refractivity contribution in [3.05, 3.63) is 0 Å². The van der Waals surface area contributed by atoms with Gasteiger partial charge in [-0.05, 0) is 32.2 Å². The minimum Gasteiger partial charge on any atom is -0.465 e. The molecule has 0 aliphatic rings. The Morgan fingerprint density at radius 2 is 0.773 bits per heavy atom. The number of carbonyl (C=O) groups is 1. The first kappa shape index (κ1) is 43.4. The van der Waals surface area contributed by atoms with Gasteiger partial charge >= 0.3 is 5.97 Å². The molecular weight excluding hydrogens is 540 g/mol. The Bertz CT molecular complexity index is 555. The normalized spacial score (nSPS) is 12.9. The van der Waals surface area contributed by atoms with E-state index >= 15 is 0 Å². The van der Waals surface area contributed by atoms with Crippen LogP contribution in [0, 0.1) is 5.92 Å². The van der Waals surface area contributed by atoms with Crippen LogP contribution in [0.25, 0.3) is 0 Å². The average molecular weight is 623 g/mol. The number of esters is 1. The van der Waals surface area contributed by atoms with Crippen molar-refractivity contribution in [1.82, 2.24) is 0 Å². The van der Waals surface area contributed by atoms with Crippen LogP contribution < -0.4 is 11.5 Å². The third kappa shape index (κ3) is 31.4. The first-order chi connectivity index (χ1) is 21.7. The largest absolute Gasteiger partial charge is 0.465 e. The summed E-state index contributed by atoms with van der Waals surface area (Å²) >= 11 is 0. The summed E-state index contributed by atoms with van der Waals surface area (Å²) in [6.45, 7) is 5.87. The third-order valence-corrected chi connectivity index (χ3v) is 9.67. The van der Waals surface area contributed by atoms with Gasteiger partial charge < -0.3 is 16.2 Å². The fourth-order valence-electron chi connectivity index (χ4n) is 6.54. The Kier molecular flexibility index (Phi) is 36.3. The molecule has 0 aromatic carbocycles. The first-order valence-corrected chi connectivity index (χ1v) is 20.3. The maximum atomic E-state index is 13.1. The quantitative estimate of drug-likeness (QED) is 0.0533. The molecule has 0 spiro atoms. The van der Waals surface area contributed by atoms with Crippen molar-refractivity contribution in [1.29, 1.82) is 0 Å². The second-order valence-electron chi connectivity index (χ2n) is 14.1. The summed E-state index contributed by atoms with van der Waals surface area (Å²) in [4.78, 5) is 13.1. The summed E-state index contributed by atoms with van der Waals surface area (Å²) in [5.41, 5.74) is 12.2. The molecule has 0 saturated carbocycles. The van der Waals surface area contributed by atoms with E-state index in [9.17, 15) is 4.79 Å².